The third-order valence-corrected chi connectivity index (χ3v) is 4.36. The van der Waals surface area contributed by atoms with Crippen LogP contribution >= 0.6 is 0 Å². The molecule has 1 amide bonds. The van der Waals surface area contributed by atoms with Gasteiger partial charge in [-0.3, -0.25) is 4.90 Å². The summed E-state index contributed by atoms with van der Waals surface area (Å²) in [6.45, 7) is 4.44. The van der Waals surface area contributed by atoms with Crippen LogP contribution in [0.3, 0.4) is 0 Å². The molecular formula is C19H22N2O2. The van der Waals surface area contributed by atoms with E-state index in [-0.39, 0.29) is 0 Å². The number of carbonyl (C=O) groups is 1. The van der Waals surface area contributed by atoms with Gasteiger partial charge in [-0.15, -0.1) is 0 Å². The molecule has 2 aromatic carbocycles. The van der Waals surface area contributed by atoms with E-state index in [0.717, 1.165) is 36.3 Å². The van der Waals surface area contributed by atoms with E-state index in [1.165, 1.54) is 10.5 Å². The summed E-state index contributed by atoms with van der Waals surface area (Å²) in [6.07, 6.45) is 0.133. The number of amides is 1. The number of rotatable bonds is 4. The summed E-state index contributed by atoms with van der Waals surface area (Å²) < 4.78 is 0. The van der Waals surface area contributed by atoms with Crippen LogP contribution in [0.5, 0.6) is 0 Å². The monoisotopic (exact) mass is 310 g/mol. The maximum Gasteiger partial charge on any atom is 0.411 e. The van der Waals surface area contributed by atoms with Crippen LogP contribution in [0.15, 0.2) is 48.5 Å². The molecule has 0 saturated carbocycles. The number of hydrogen-bond acceptors (Lipinski definition) is 2. The summed E-state index contributed by atoms with van der Waals surface area (Å²) in [5.41, 5.74) is 3.94. The predicted molar refractivity (Wildman–Crippen MR) is 93.0 cm³/mol. The quantitative estimate of drug-likeness (QED) is 0.904. The van der Waals surface area contributed by atoms with Crippen LogP contribution in [0.4, 0.5) is 10.5 Å². The second-order valence-electron chi connectivity index (χ2n) is 6.14. The van der Waals surface area contributed by atoms with Gasteiger partial charge in [0.2, 0.25) is 0 Å². The molecule has 4 nitrogen and oxygen atoms in total. The lowest BCUT2D eigenvalue weighted by molar-refractivity contribution is 0.200. The fourth-order valence-electron chi connectivity index (χ4n) is 3.17. The van der Waals surface area contributed by atoms with Gasteiger partial charge in [-0.2, -0.15) is 0 Å². The molecule has 0 spiro atoms. The van der Waals surface area contributed by atoms with Crippen LogP contribution in [-0.4, -0.2) is 30.8 Å². The van der Waals surface area contributed by atoms with Gasteiger partial charge in [0.15, 0.2) is 0 Å². The van der Waals surface area contributed by atoms with Crippen molar-refractivity contribution < 1.29 is 9.90 Å². The summed E-state index contributed by atoms with van der Waals surface area (Å²) in [5, 5.41) is 13.0. The molecule has 0 aromatic heterocycles. The highest BCUT2D eigenvalue weighted by Crippen LogP contribution is 2.32. The maximum absolute atomic E-state index is 11.8. The zero-order valence-electron chi connectivity index (χ0n) is 13.3. The second-order valence-corrected chi connectivity index (χ2v) is 6.14. The molecule has 1 aliphatic heterocycles. The number of nitrogens with zero attached hydrogens (tertiary/aromatic N) is 1. The van der Waals surface area contributed by atoms with E-state index in [4.69, 9.17) is 0 Å². The molecule has 23 heavy (non-hydrogen) atoms. The van der Waals surface area contributed by atoms with E-state index in [1.54, 1.807) is 0 Å². The first kappa shape index (κ1) is 15.6. The standard InChI is InChI=1S/C19H22N2O2/c1-14-5-4-6-16(11-14)17-7-2-3-8-18(17)21(19(22)23)13-15-9-10-20-12-15/h2-8,11,15,20H,9-10,12-13H2,1H3,(H,22,23)/t15-/m1/s1. The van der Waals surface area contributed by atoms with Gasteiger partial charge in [0.05, 0.1) is 5.69 Å². The number of para-hydroxylation sites is 1. The molecule has 1 heterocycles. The lowest BCUT2D eigenvalue weighted by Gasteiger charge is -2.25. The van der Waals surface area contributed by atoms with Crippen molar-refractivity contribution in [3.8, 4) is 11.1 Å². The lowest BCUT2D eigenvalue weighted by Crippen LogP contribution is -2.35. The third-order valence-electron chi connectivity index (χ3n) is 4.36. The molecule has 2 aromatic rings. The van der Waals surface area contributed by atoms with E-state index in [0.29, 0.717) is 12.5 Å². The first-order valence-corrected chi connectivity index (χ1v) is 8.02. The van der Waals surface area contributed by atoms with Gasteiger partial charge in [-0.05, 0) is 44.0 Å². The average Bonchev–Trinajstić information content (AvgIpc) is 3.05. The summed E-state index contributed by atoms with van der Waals surface area (Å²) in [4.78, 5) is 13.3. The number of hydrogen-bond donors (Lipinski definition) is 2. The Morgan fingerprint density at radius 1 is 1.26 bits per heavy atom. The van der Waals surface area contributed by atoms with Crippen molar-refractivity contribution in [3.63, 3.8) is 0 Å². The van der Waals surface area contributed by atoms with Crippen molar-refractivity contribution in [3.05, 3.63) is 54.1 Å². The van der Waals surface area contributed by atoms with Crippen molar-refractivity contribution in [2.75, 3.05) is 24.5 Å². The van der Waals surface area contributed by atoms with Gasteiger partial charge >= 0.3 is 6.09 Å². The molecule has 4 heteroatoms. The second kappa shape index (κ2) is 6.84. The van der Waals surface area contributed by atoms with E-state index in [1.807, 2.05) is 49.4 Å². The predicted octanol–water partition coefficient (Wildman–Crippen LogP) is 3.76. The molecule has 0 radical (unpaired) electrons. The van der Waals surface area contributed by atoms with Gasteiger partial charge in [0.25, 0.3) is 0 Å². The van der Waals surface area contributed by atoms with Crippen molar-refractivity contribution in [2.24, 2.45) is 5.92 Å². The number of carboxylic acid groups (broad SMARTS) is 1. The molecular weight excluding hydrogens is 288 g/mol. The van der Waals surface area contributed by atoms with Crippen LogP contribution in [0.25, 0.3) is 11.1 Å². The minimum Gasteiger partial charge on any atom is -0.465 e. The fraction of sp³-hybridized carbons (Fsp3) is 0.316. The van der Waals surface area contributed by atoms with Crippen molar-refractivity contribution in [1.29, 1.82) is 0 Å². The van der Waals surface area contributed by atoms with Crippen LogP contribution in [0, 0.1) is 12.8 Å². The Morgan fingerprint density at radius 2 is 2.09 bits per heavy atom. The molecule has 1 atom stereocenters. The van der Waals surface area contributed by atoms with Gasteiger partial charge in [-0.25, -0.2) is 4.79 Å². The van der Waals surface area contributed by atoms with Crippen LogP contribution in [0.2, 0.25) is 0 Å². The Kier molecular flexibility index (Phi) is 4.63. The Labute approximate surface area is 136 Å². The normalized spacial score (nSPS) is 17.2. The average molecular weight is 310 g/mol. The Bertz CT molecular complexity index is 693. The van der Waals surface area contributed by atoms with Crippen LogP contribution < -0.4 is 10.2 Å². The van der Waals surface area contributed by atoms with E-state index in [2.05, 4.69) is 11.4 Å². The Morgan fingerprint density at radius 3 is 2.78 bits per heavy atom. The summed E-state index contributed by atoms with van der Waals surface area (Å²) >= 11 is 0. The summed E-state index contributed by atoms with van der Waals surface area (Å²) in [5.74, 6) is 0.372. The number of aryl methyl sites for hydroxylation is 1. The molecule has 0 aliphatic carbocycles. The third kappa shape index (κ3) is 3.54. The maximum atomic E-state index is 11.8. The smallest absolute Gasteiger partial charge is 0.411 e. The van der Waals surface area contributed by atoms with Crippen LogP contribution in [0.1, 0.15) is 12.0 Å². The van der Waals surface area contributed by atoms with Gasteiger partial charge in [-0.1, -0.05) is 48.0 Å². The summed E-state index contributed by atoms with van der Waals surface area (Å²) in [7, 11) is 0. The fourth-order valence-corrected chi connectivity index (χ4v) is 3.17. The number of benzene rings is 2. The Hall–Kier alpha value is -2.33. The zero-order chi connectivity index (χ0) is 16.2. The Balaban J connectivity index is 1.98. The van der Waals surface area contributed by atoms with E-state index >= 15 is 0 Å². The molecule has 120 valence electrons. The lowest BCUT2D eigenvalue weighted by atomic mass is 10.0. The highest BCUT2D eigenvalue weighted by Gasteiger charge is 2.24. The van der Waals surface area contributed by atoms with Gasteiger partial charge < -0.3 is 10.4 Å². The van der Waals surface area contributed by atoms with Crippen LogP contribution in [-0.2, 0) is 0 Å². The van der Waals surface area contributed by atoms with Crippen molar-refractivity contribution in [1.82, 2.24) is 5.32 Å². The molecule has 1 fully saturated rings. The molecule has 1 saturated heterocycles. The highest BCUT2D eigenvalue weighted by molar-refractivity contribution is 5.92. The highest BCUT2D eigenvalue weighted by atomic mass is 16.4. The first-order valence-electron chi connectivity index (χ1n) is 8.02. The minimum absolute atomic E-state index is 0.372. The van der Waals surface area contributed by atoms with E-state index < -0.39 is 6.09 Å². The topological polar surface area (TPSA) is 52.6 Å². The van der Waals surface area contributed by atoms with Crippen molar-refractivity contribution >= 4 is 11.8 Å². The molecule has 1 aliphatic rings. The van der Waals surface area contributed by atoms with Crippen molar-refractivity contribution in [2.45, 2.75) is 13.3 Å². The van der Waals surface area contributed by atoms with E-state index in [9.17, 15) is 9.90 Å². The van der Waals surface area contributed by atoms with Gasteiger partial charge in [0.1, 0.15) is 0 Å². The number of anilines is 1. The molecule has 3 rings (SSSR count). The SMILES string of the molecule is Cc1cccc(-c2ccccc2N(C[C@@H]2CCNC2)C(=O)O)c1. The molecule has 0 unspecified atom stereocenters. The zero-order valence-corrected chi connectivity index (χ0v) is 13.3. The molecule has 0 bridgehead atoms. The summed E-state index contributed by atoms with van der Waals surface area (Å²) in [6, 6.07) is 15.9. The first-order chi connectivity index (χ1) is 11.1. The number of nitrogens with one attached hydrogen (secondary N) is 1. The minimum atomic E-state index is -0.892. The largest absolute Gasteiger partial charge is 0.465 e. The molecule has 2 N–H and O–H groups in total. The van der Waals surface area contributed by atoms with Gasteiger partial charge in [0, 0.05) is 12.1 Å².